The molecule has 0 spiro atoms. The standard InChI is InChI=1S/C14H16O3/c15-13(17-14-8-4-5-11-16-14)10-9-12-6-2-1-3-7-12/h1-3,6-7,9-10,14H,4-5,8,11H2/b10-9+. The number of rotatable bonds is 3. The first-order chi connectivity index (χ1) is 8.34. The number of benzene rings is 1. The van der Waals surface area contributed by atoms with Crippen molar-refractivity contribution in [2.45, 2.75) is 25.6 Å². The Morgan fingerprint density at radius 3 is 2.82 bits per heavy atom. The zero-order chi connectivity index (χ0) is 11.9. The summed E-state index contributed by atoms with van der Waals surface area (Å²) in [4.78, 5) is 11.5. The normalized spacial score (nSPS) is 20.4. The highest BCUT2D eigenvalue weighted by molar-refractivity contribution is 5.87. The van der Waals surface area contributed by atoms with Crippen LogP contribution in [0.5, 0.6) is 0 Å². The molecule has 1 aliphatic heterocycles. The zero-order valence-electron chi connectivity index (χ0n) is 9.67. The van der Waals surface area contributed by atoms with E-state index in [9.17, 15) is 4.79 Å². The van der Waals surface area contributed by atoms with E-state index in [2.05, 4.69) is 0 Å². The SMILES string of the molecule is O=C(/C=C/c1ccccc1)OC1CCCCO1. The highest BCUT2D eigenvalue weighted by Crippen LogP contribution is 2.14. The van der Waals surface area contributed by atoms with Gasteiger partial charge in [-0.1, -0.05) is 30.3 Å². The molecule has 1 unspecified atom stereocenters. The van der Waals surface area contributed by atoms with Crippen LogP contribution in [0.3, 0.4) is 0 Å². The van der Waals surface area contributed by atoms with E-state index < -0.39 is 0 Å². The van der Waals surface area contributed by atoms with Gasteiger partial charge >= 0.3 is 5.97 Å². The lowest BCUT2D eigenvalue weighted by atomic mass is 10.2. The van der Waals surface area contributed by atoms with E-state index in [1.807, 2.05) is 30.3 Å². The highest BCUT2D eigenvalue weighted by Gasteiger charge is 2.16. The second-order valence-electron chi connectivity index (χ2n) is 3.98. The van der Waals surface area contributed by atoms with Gasteiger partial charge in [-0.25, -0.2) is 4.79 Å². The molecule has 0 aliphatic carbocycles. The van der Waals surface area contributed by atoms with Gasteiger partial charge in [0.1, 0.15) is 0 Å². The van der Waals surface area contributed by atoms with Crippen LogP contribution in [-0.4, -0.2) is 18.9 Å². The predicted molar refractivity (Wildman–Crippen MR) is 65.2 cm³/mol. The molecular formula is C14H16O3. The van der Waals surface area contributed by atoms with Crippen LogP contribution in [-0.2, 0) is 14.3 Å². The Balaban J connectivity index is 1.82. The van der Waals surface area contributed by atoms with Gasteiger partial charge < -0.3 is 9.47 Å². The van der Waals surface area contributed by atoms with Crippen LogP contribution in [0, 0.1) is 0 Å². The number of ether oxygens (including phenoxy) is 2. The minimum Gasteiger partial charge on any atom is -0.433 e. The lowest BCUT2D eigenvalue weighted by molar-refractivity contribution is -0.181. The molecule has 2 rings (SSSR count). The van der Waals surface area contributed by atoms with Crippen molar-refractivity contribution in [3.8, 4) is 0 Å². The lowest BCUT2D eigenvalue weighted by Crippen LogP contribution is -2.24. The van der Waals surface area contributed by atoms with Crippen molar-refractivity contribution < 1.29 is 14.3 Å². The summed E-state index contributed by atoms with van der Waals surface area (Å²) in [5, 5.41) is 0. The van der Waals surface area contributed by atoms with Gasteiger partial charge in [-0.3, -0.25) is 0 Å². The van der Waals surface area contributed by atoms with Crippen LogP contribution in [0.25, 0.3) is 6.08 Å². The summed E-state index contributed by atoms with van der Waals surface area (Å²) in [5.74, 6) is -0.347. The average molecular weight is 232 g/mol. The molecule has 0 bridgehead atoms. The summed E-state index contributed by atoms with van der Waals surface area (Å²) in [6.07, 6.45) is 5.72. The summed E-state index contributed by atoms with van der Waals surface area (Å²) < 4.78 is 10.5. The maximum atomic E-state index is 11.5. The minimum absolute atomic E-state index is 0.347. The van der Waals surface area contributed by atoms with E-state index in [1.54, 1.807) is 6.08 Å². The summed E-state index contributed by atoms with van der Waals surface area (Å²) in [7, 11) is 0. The Hall–Kier alpha value is -1.61. The third-order valence-electron chi connectivity index (χ3n) is 2.60. The topological polar surface area (TPSA) is 35.5 Å². The van der Waals surface area contributed by atoms with Gasteiger partial charge in [0.15, 0.2) is 0 Å². The van der Waals surface area contributed by atoms with Gasteiger partial charge in [0, 0.05) is 12.5 Å². The van der Waals surface area contributed by atoms with Crippen molar-refractivity contribution in [2.75, 3.05) is 6.61 Å². The van der Waals surface area contributed by atoms with Gasteiger partial charge in [-0.2, -0.15) is 0 Å². The number of hydrogen-bond donors (Lipinski definition) is 0. The Kier molecular flexibility index (Phi) is 4.33. The lowest BCUT2D eigenvalue weighted by Gasteiger charge is -2.21. The Labute approximate surface area is 101 Å². The van der Waals surface area contributed by atoms with Crippen molar-refractivity contribution >= 4 is 12.0 Å². The van der Waals surface area contributed by atoms with E-state index in [0.717, 1.165) is 24.8 Å². The van der Waals surface area contributed by atoms with Crippen molar-refractivity contribution in [1.82, 2.24) is 0 Å². The maximum absolute atomic E-state index is 11.5. The maximum Gasteiger partial charge on any atom is 0.333 e. The number of carbonyl (C=O) groups excluding carboxylic acids is 1. The van der Waals surface area contributed by atoms with Crippen LogP contribution in [0.4, 0.5) is 0 Å². The Bertz CT molecular complexity index is 378. The van der Waals surface area contributed by atoms with Gasteiger partial charge in [-0.15, -0.1) is 0 Å². The van der Waals surface area contributed by atoms with E-state index in [0.29, 0.717) is 6.61 Å². The number of hydrogen-bond acceptors (Lipinski definition) is 3. The molecule has 1 heterocycles. The first-order valence-corrected chi connectivity index (χ1v) is 5.90. The van der Waals surface area contributed by atoms with E-state index in [4.69, 9.17) is 9.47 Å². The molecule has 1 aromatic carbocycles. The fourth-order valence-corrected chi connectivity index (χ4v) is 1.70. The minimum atomic E-state index is -0.364. The van der Waals surface area contributed by atoms with Crippen LogP contribution >= 0.6 is 0 Å². The summed E-state index contributed by atoms with van der Waals surface area (Å²) in [5.41, 5.74) is 0.981. The largest absolute Gasteiger partial charge is 0.433 e. The fraction of sp³-hybridized carbons (Fsp3) is 0.357. The Morgan fingerprint density at radius 2 is 2.12 bits per heavy atom. The van der Waals surface area contributed by atoms with E-state index in [1.165, 1.54) is 6.08 Å². The van der Waals surface area contributed by atoms with Crippen LogP contribution in [0.15, 0.2) is 36.4 Å². The highest BCUT2D eigenvalue weighted by atomic mass is 16.7. The van der Waals surface area contributed by atoms with Crippen LogP contribution in [0.1, 0.15) is 24.8 Å². The molecule has 1 fully saturated rings. The molecule has 3 heteroatoms. The van der Waals surface area contributed by atoms with Crippen LogP contribution in [0.2, 0.25) is 0 Å². The second-order valence-corrected chi connectivity index (χ2v) is 3.98. The van der Waals surface area contributed by atoms with Crippen molar-refractivity contribution in [1.29, 1.82) is 0 Å². The van der Waals surface area contributed by atoms with Gasteiger partial charge in [0.2, 0.25) is 6.29 Å². The molecule has 0 radical (unpaired) electrons. The molecule has 1 atom stereocenters. The van der Waals surface area contributed by atoms with Crippen molar-refractivity contribution in [3.05, 3.63) is 42.0 Å². The van der Waals surface area contributed by atoms with Crippen molar-refractivity contribution in [2.24, 2.45) is 0 Å². The van der Waals surface area contributed by atoms with Gasteiger partial charge in [-0.05, 0) is 24.5 Å². The molecule has 1 saturated heterocycles. The fourth-order valence-electron chi connectivity index (χ4n) is 1.70. The molecule has 1 aromatic rings. The quantitative estimate of drug-likeness (QED) is 0.593. The number of carbonyl (C=O) groups is 1. The first-order valence-electron chi connectivity index (χ1n) is 5.90. The Morgan fingerprint density at radius 1 is 1.29 bits per heavy atom. The summed E-state index contributed by atoms with van der Waals surface area (Å²) in [6.45, 7) is 0.681. The first kappa shape index (κ1) is 11.9. The average Bonchev–Trinajstić information content (AvgIpc) is 2.39. The third-order valence-corrected chi connectivity index (χ3v) is 2.60. The molecule has 1 aliphatic rings. The van der Waals surface area contributed by atoms with E-state index in [-0.39, 0.29) is 12.3 Å². The van der Waals surface area contributed by atoms with E-state index >= 15 is 0 Å². The molecule has 0 N–H and O–H groups in total. The monoisotopic (exact) mass is 232 g/mol. The molecule has 90 valence electrons. The van der Waals surface area contributed by atoms with Gasteiger partial charge in [0.25, 0.3) is 0 Å². The smallest absolute Gasteiger partial charge is 0.333 e. The molecular weight excluding hydrogens is 216 g/mol. The molecule has 0 aromatic heterocycles. The summed E-state index contributed by atoms with van der Waals surface area (Å²) >= 11 is 0. The molecule has 0 saturated carbocycles. The second kappa shape index (κ2) is 6.21. The third kappa shape index (κ3) is 4.04. The van der Waals surface area contributed by atoms with Crippen LogP contribution < -0.4 is 0 Å². The summed E-state index contributed by atoms with van der Waals surface area (Å²) in [6, 6.07) is 9.65. The van der Waals surface area contributed by atoms with Crippen molar-refractivity contribution in [3.63, 3.8) is 0 Å². The number of esters is 1. The molecule has 3 nitrogen and oxygen atoms in total. The zero-order valence-corrected chi connectivity index (χ0v) is 9.67. The van der Waals surface area contributed by atoms with Gasteiger partial charge in [0.05, 0.1) is 6.61 Å². The molecule has 0 amide bonds. The predicted octanol–water partition coefficient (Wildman–Crippen LogP) is 2.77. The molecule has 17 heavy (non-hydrogen) atoms.